The summed E-state index contributed by atoms with van der Waals surface area (Å²) in [5.74, 6) is -0.219. The van der Waals surface area contributed by atoms with Crippen molar-refractivity contribution in [2.75, 3.05) is 20.3 Å². The van der Waals surface area contributed by atoms with Gasteiger partial charge >= 0.3 is 0 Å². The van der Waals surface area contributed by atoms with E-state index in [-0.39, 0.29) is 11.6 Å². The fraction of sp³-hybridized carbons (Fsp3) is 0.200. The Bertz CT molecular complexity index is 979. The number of ether oxygens (including phenoxy) is 1. The molecule has 29 heavy (non-hydrogen) atoms. The fourth-order valence-corrected chi connectivity index (χ4v) is 3.85. The van der Waals surface area contributed by atoms with Gasteiger partial charge in [0.05, 0.1) is 15.5 Å². The van der Waals surface area contributed by atoms with Crippen LogP contribution in [0.25, 0.3) is 6.08 Å². The number of hydrogen-bond donors (Lipinski definition) is 0. The number of hydrogen-bond acceptors (Lipinski definition) is 6. The minimum Gasteiger partial charge on any atom is -0.385 e. The second-order valence-electron chi connectivity index (χ2n) is 6.11. The third-order valence-electron chi connectivity index (χ3n) is 4.08. The Morgan fingerprint density at radius 1 is 1.28 bits per heavy atom. The van der Waals surface area contributed by atoms with E-state index in [0.717, 1.165) is 5.69 Å². The number of halogens is 1. The predicted octanol–water partition coefficient (Wildman–Crippen LogP) is 4.89. The van der Waals surface area contributed by atoms with E-state index in [1.165, 1.54) is 30.0 Å². The molecule has 1 saturated heterocycles. The predicted molar refractivity (Wildman–Crippen MR) is 115 cm³/mol. The molecule has 0 N–H and O–H groups in total. The molecule has 0 aliphatic carbocycles. The third-order valence-corrected chi connectivity index (χ3v) is 5.43. The number of amidine groups is 1. The molecule has 7 nitrogen and oxygen atoms in total. The van der Waals surface area contributed by atoms with E-state index in [0.29, 0.717) is 40.2 Å². The van der Waals surface area contributed by atoms with E-state index in [1.54, 1.807) is 18.1 Å². The van der Waals surface area contributed by atoms with Gasteiger partial charge in [-0.15, -0.1) is 0 Å². The maximum atomic E-state index is 13.0. The van der Waals surface area contributed by atoms with Gasteiger partial charge in [-0.05, 0) is 42.5 Å². The summed E-state index contributed by atoms with van der Waals surface area (Å²) in [7, 11) is 1.61. The minimum absolute atomic E-state index is 0.0909. The number of nitrogens with zero attached hydrogens (tertiary/aromatic N) is 3. The molecule has 1 heterocycles. The normalized spacial score (nSPS) is 16.8. The van der Waals surface area contributed by atoms with Crippen molar-refractivity contribution in [3.8, 4) is 0 Å². The zero-order valence-corrected chi connectivity index (χ0v) is 17.2. The summed E-state index contributed by atoms with van der Waals surface area (Å²) in [5.41, 5.74) is 1.05. The maximum Gasteiger partial charge on any atom is 0.270 e. The summed E-state index contributed by atoms with van der Waals surface area (Å²) in [6.07, 6.45) is 2.22. The molecule has 3 rings (SSSR count). The van der Waals surface area contributed by atoms with E-state index in [4.69, 9.17) is 16.3 Å². The van der Waals surface area contributed by atoms with Gasteiger partial charge in [0.1, 0.15) is 0 Å². The molecular formula is C20H18ClN3O4S. The topological polar surface area (TPSA) is 85.0 Å². The van der Waals surface area contributed by atoms with Gasteiger partial charge < -0.3 is 4.74 Å². The molecule has 0 spiro atoms. The summed E-state index contributed by atoms with van der Waals surface area (Å²) < 4.78 is 5.08. The van der Waals surface area contributed by atoms with Crippen molar-refractivity contribution >= 4 is 51.9 Å². The lowest BCUT2D eigenvalue weighted by Gasteiger charge is -2.15. The first-order valence-corrected chi connectivity index (χ1v) is 9.97. The number of non-ortho nitro benzene ring substituents is 1. The van der Waals surface area contributed by atoms with Crippen molar-refractivity contribution in [3.05, 3.63) is 74.1 Å². The molecule has 0 aromatic heterocycles. The van der Waals surface area contributed by atoms with Crippen molar-refractivity contribution in [1.29, 1.82) is 0 Å². The molecule has 1 aliphatic heterocycles. The smallest absolute Gasteiger partial charge is 0.270 e. The number of carbonyl (C=O) groups is 1. The average molecular weight is 432 g/mol. The van der Waals surface area contributed by atoms with E-state index < -0.39 is 4.92 Å². The summed E-state index contributed by atoms with van der Waals surface area (Å²) in [5, 5.41) is 11.9. The summed E-state index contributed by atoms with van der Waals surface area (Å²) >= 11 is 7.40. The molecule has 0 atom stereocenters. The van der Waals surface area contributed by atoms with Gasteiger partial charge in [-0.3, -0.25) is 19.8 Å². The van der Waals surface area contributed by atoms with Crippen LogP contribution in [0, 0.1) is 10.1 Å². The summed E-state index contributed by atoms with van der Waals surface area (Å²) in [4.78, 5) is 30.1. The van der Waals surface area contributed by atoms with Gasteiger partial charge in [0.2, 0.25) is 0 Å². The van der Waals surface area contributed by atoms with Crippen LogP contribution in [-0.4, -0.2) is 41.2 Å². The number of methoxy groups -OCH3 is 1. The molecule has 0 radical (unpaired) electrons. The zero-order valence-electron chi connectivity index (χ0n) is 15.6. The van der Waals surface area contributed by atoms with Crippen molar-refractivity contribution in [2.45, 2.75) is 6.42 Å². The van der Waals surface area contributed by atoms with Gasteiger partial charge in [-0.1, -0.05) is 29.8 Å². The van der Waals surface area contributed by atoms with Crippen LogP contribution < -0.4 is 0 Å². The second-order valence-corrected chi connectivity index (χ2v) is 7.52. The van der Waals surface area contributed by atoms with Crippen LogP contribution >= 0.6 is 23.4 Å². The lowest BCUT2D eigenvalue weighted by molar-refractivity contribution is -0.384. The largest absolute Gasteiger partial charge is 0.385 e. The van der Waals surface area contributed by atoms with Crippen LogP contribution in [0.3, 0.4) is 0 Å². The molecule has 1 fully saturated rings. The molecule has 0 bridgehead atoms. The number of aliphatic imine (C=N–C) groups is 1. The average Bonchev–Trinajstić information content (AvgIpc) is 2.99. The minimum atomic E-state index is -0.499. The molecule has 9 heteroatoms. The summed E-state index contributed by atoms with van der Waals surface area (Å²) in [6, 6.07) is 13.5. The van der Waals surface area contributed by atoms with Crippen molar-refractivity contribution in [1.82, 2.24) is 4.90 Å². The first kappa shape index (κ1) is 21.0. The van der Waals surface area contributed by atoms with Crippen LogP contribution in [0.5, 0.6) is 0 Å². The fourth-order valence-electron chi connectivity index (χ4n) is 2.67. The maximum absolute atomic E-state index is 13.0. The van der Waals surface area contributed by atoms with E-state index in [9.17, 15) is 14.9 Å². The molecular weight excluding hydrogens is 414 g/mol. The number of rotatable bonds is 7. The molecule has 2 aromatic carbocycles. The quantitative estimate of drug-likeness (QED) is 0.269. The van der Waals surface area contributed by atoms with Crippen LogP contribution in [0.2, 0.25) is 5.02 Å². The number of nitro groups is 1. The highest BCUT2D eigenvalue weighted by Crippen LogP contribution is 2.36. The lowest BCUT2D eigenvalue weighted by Crippen LogP contribution is -2.30. The number of carbonyl (C=O) groups excluding carboxylic acids is 1. The monoisotopic (exact) mass is 431 g/mol. The number of benzene rings is 2. The van der Waals surface area contributed by atoms with E-state index >= 15 is 0 Å². The van der Waals surface area contributed by atoms with Crippen LogP contribution in [0.1, 0.15) is 12.0 Å². The molecule has 2 aromatic rings. The third kappa shape index (κ3) is 5.23. The van der Waals surface area contributed by atoms with Crippen LogP contribution in [-0.2, 0) is 9.53 Å². The van der Waals surface area contributed by atoms with Crippen LogP contribution in [0.15, 0.2) is 58.4 Å². The SMILES string of the molecule is COCCCN1C(=O)/C(=C/c2cc([N+](=O)[O-])ccc2Cl)SC1=Nc1ccccc1. The second kappa shape index (κ2) is 9.69. The Morgan fingerprint density at radius 3 is 2.72 bits per heavy atom. The number of nitro benzene ring substituents is 1. The molecule has 1 amide bonds. The van der Waals surface area contributed by atoms with Gasteiger partial charge in [0, 0.05) is 43.0 Å². The Kier molecular flexibility index (Phi) is 7.03. The Balaban J connectivity index is 1.95. The van der Waals surface area contributed by atoms with Gasteiger partial charge in [0.25, 0.3) is 11.6 Å². The van der Waals surface area contributed by atoms with Crippen molar-refractivity contribution in [2.24, 2.45) is 4.99 Å². The Labute approximate surface area is 177 Å². The van der Waals surface area contributed by atoms with E-state index in [1.807, 2.05) is 30.3 Å². The first-order valence-electron chi connectivity index (χ1n) is 8.77. The summed E-state index contributed by atoms with van der Waals surface area (Å²) in [6.45, 7) is 0.966. The molecule has 0 unspecified atom stereocenters. The highest BCUT2D eigenvalue weighted by atomic mass is 35.5. The van der Waals surface area contributed by atoms with Gasteiger partial charge in [-0.25, -0.2) is 4.99 Å². The molecule has 1 aliphatic rings. The van der Waals surface area contributed by atoms with Crippen molar-refractivity contribution < 1.29 is 14.5 Å². The van der Waals surface area contributed by atoms with Gasteiger partial charge in [0.15, 0.2) is 5.17 Å². The van der Waals surface area contributed by atoms with Crippen molar-refractivity contribution in [3.63, 3.8) is 0 Å². The molecule has 0 saturated carbocycles. The number of thioether (sulfide) groups is 1. The number of amides is 1. The lowest BCUT2D eigenvalue weighted by atomic mass is 10.2. The standard InChI is InChI=1S/C20H18ClN3O4S/c1-28-11-5-10-23-19(25)18(29-20(23)22-15-6-3-2-4-7-15)13-14-12-16(24(26)27)8-9-17(14)21/h2-4,6-9,12-13H,5,10-11H2,1H3/b18-13-,22-20?. The zero-order chi connectivity index (χ0) is 20.8. The first-order chi connectivity index (χ1) is 14.0. The van der Waals surface area contributed by atoms with Gasteiger partial charge in [-0.2, -0.15) is 0 Å². The number of para-hydroxylation sites is 1. The molecule has 150 valence electrons. The highest BCUT2D eigenvalue weighted by molar-refractivity contribution is 8.18. The Hall–Kier alpha value is -2.68. The highest BCUT2D eigenvalue weighted by Gasteiger charge is 2.33. The Morgan fingerprint density at radius 2 is 2.03 bits per heavy atom. The van der Waals surface area contributed by atoms with E-state index in [2.05, 4.69) is 4.99 Å². The van der Waals surface area contributed by atoms with Crippen LogP contribution in [0.4, 0.5) is 11.4 Å².